The van der Waals surface area contributed by atoms with E-state index in [-0.39, 0.29) is 17.9 Å². The SMILES string of the molecule is CCCC1(C(=O)NC/C=C/C(=O)O)CCNC1. The molecule has 1 atom stereocenters. The summed E-state index contributed by atoms with van der Waals surface area (Å²) in [6.45, 7) is 3.93. The summed E-state index contributed by atoms with van der Waals surface area (Å²) >= 11 is 0. The number of hydrogen-bond donors (Lipinski definition) is 3. The van der Waals surface area contributed by atoms with Gasteiger partial charge >= 0.3 is 5.97 Å². The average Bonchev–Trinajstić information content (AvgIpc) is 2.74. The largest absolute Gasteiger partial charge is 0.478 e. The summed E-state index contributed by atoms with van der Waals surface area (Å²) in [5.41, 5.74) is -0.300. The fourth-order valence-corrected chi connectivity index (χ4v) is 2.24. The fraction of sp³-hybridized carbons (Fsp3) is 0.667. The highest BCUT2D eigenvalue weighted by Crippen LogP contribution is 2.31. The molecular weight excluding hydrogens is 220 g/mol. The Morgan fingerprint density at radius 1 is 1.53 bits per heavy atom. The van der Waals surface area contributed by atoms with E-state index >= 15 is 0 Å². The van der Waals surface area contributed by atoms with Crippen LogP contribution in [0.15, 0.2) is 12.2 Å². The maximum Gasteiger partial charge on any atom is 0.328 e. The Morgan fingerprint density at radius 2 is 2.29 bits per heavy atom. The van der Waals surface area contributed by atoms with Gasteiger partial charge in [0.05, 0.1) is 5.41 Å². The van der Waals surface area contributed by atoms with Crippen molar-refractivity contribution in [3.05, 3.63) is 12.2 Å². The molecule has 96 valence electrons. The number of carboxylic acids is 1. The lowest BCUT2D eigenvalue weighted by molar-refractivity contribution is -0.132. The number of amides is 1. The molecule has 0 aromatic rings. The minimum atomic E-state index is -0.995. The van der Waals surface area contributed by atoms with E-state index in [1.165, 1.54) is 6.08 Å². The van der Waals surface area contributed by atoms with E-state index in [0.717, 1.165) is 38.4 Å². The molecule has 1 aliphatic rings. The second-order valence-corrected chi connectivity index (χ2v) is 4.41. The molecule has 17 heavy (non-hydrogen) atoms. The van der Waals surface area contributed by atoms with E-state index < -0.39 is 5.97 Å². The van der Waals surface area contributed by atoms with Crippen LogP contribution in [0.4, 0.5) is 0 Å². The van der Waals surface area contributed by atoms with Crippen molar-refractivity contribution < 1.29 is 14.7 Å². The van der Waals surface area contributed by atoms with Crippen LogP contribution in [0, 0.1) is 5.41 Å². The van der Waals surface area contributed by atoms with Crippen molar-refractivity contribution in [2.24, 2.45) is 5.41 Å². The highest BCUT2D eigenvalue weighted by Gasteiger charge is 2.39. The molecule has 0 spiro atoms. The van der Waals surface area contributed by atoms with Crippen molar-refractivity contribution in [1.29, 1.82) is 0 Å². The Bertz CT molecular complexity index is 307. The second kappa shape index (κ2) is 6.39. The molecule has 5 heteroatoms. The van der Waals surface area contributed by atoms with Crippen molar-refractivity contribution in [3.63, 3.8) is 0 Å². The van der Waals surface area contributed by atoms with E-state index in [9.17, 15) is 9.59 Å². The molecule has 0 bridgehead atoms. The maximum atomic E-state index is 12.1. The third kappa shape index (κ3) is 3.85. The van der Waals surface area contributed by atoms with Crippen LogP contribution in [0.5, 0.6) is 0 Å². The number of carboxylic acid groups (broad SMARTS) is 1. The average molecular weight is 240 g/mol. The third-order valence-electron chi connectivity index (χ3n) is 3.09. The minimum absolute atomic E-state index is 0.0272. The first-order chi connectivity index (χ1) is 8.10. The molecule has 5 nitrogen and oxygen atoms in total. The first-order valence-electron chi connectivity index (χ1n) is 5.99. The maximum absolute atomic E-state index is 12.1. The summed E-state index contributed by atoms with van der Waals surface area (Å²) < 4.78 is 0. The molecule has 1 amide bonds. The molecule has 1 unspecified atom stereocenters. The number of hydrogen-bond acceptors (Lipinski definition) is 3. The summed E-state index contributed by atoms with van der Waals surface area (Å²) in [7, 11) is 0. The summed E-state index contributed by atoms with van der Waals surface area (Å²) in [4.78, 5) is 22.3. The predicted octanol–water partition coefficient (Wildman–Crippen LogP) is 0.523. The minimum Gasteiger partial charge on any atom is -0.478 e. The van der Waals surface area contributed by atoms with E-state index in [2.05, 4.69) is 17.6 Å². The van der Waals surface area contributed by atoms with Crippen LogP contribution in [0.1, 0.15) is 26.2 Å². The normalized spacial score (nSPS) is 24.1. The lowest BCUT2D eigenvalue weighted by atomic mass is 9.81. The van der Waals surface area contributed by atoms with Crippen molar-refractivity contribution >= 4 is 11.9 Å². The topological polar surface area (TPSA) is 78.4 Å². The zero-order valence-electron chi connectivity index (χ0n) is 10.2. The number of aliphatic carboxylic acids is 1. The Labute approximate surface area is 101 Å². The number of nitrogens with one attached hydrogen (secondary N) is 2. The first kappa shape index (κ1) is 13.7. The summed E-state index contributed by atoms with van der Waals surface area (Å²) in [6.07, 6.45) is 5.19. The molecule has 0 aliphatic carbocycles. The predicted molar refractivity (Wildman–Crippen MR) is 64.6 cm³/mol. The van der Waals surface area contributed by atoms with Gasteiger partial charge in [-0.2, -0.15) is 0 Å². The van der Waals surface area contributed by atoms with Crippen molar-refractivity contribution in [2.75, 3.05) is 19.6 Å². The zero-order chi connectivity index (χ0) is 12.7. The third-order valence-corrected chi connectivity index (χ3v) is 3.09. The molecule has 1 rings (SSSR count). The molecule has 1 aliphatic heterocycles. The zero-order valence-corrected chi connectivity index (χ0v) is 10.2. The van der Waals surface area contributed by atoms with Gasteiger partial charge in [0.25, 0.3) is 0 Å². The van der Waals surface area contributed by atoms with E-state index in [1.54, 1.807) is 0 Å². The van der Waals surface area contributed by atoms with Crippen LogP contribution in [-0.4, -0.2) is 36.6 Å². The Kier molecular flexibility index (Phi) is 5.15. The molecule has 3 N–H and O–H groups in total. The van der Waals surface area contributed by atoms with E-state index in [1.807, 2.05) is 0 Å². The van der Waals surface area contributed by atoms with Gasteiger partial charge in [-0.1, -0.05) is 19.4 Å². The monoisotopic (exact) mass is 240 g/mol. The lowest BCUT2D eigenvalue weighted by Gasteiger charge is -2.26. The number of rotatable bonds is 6. The van der Waals surface area contributed by atoms with Gasteiger partial charge in [-0.15, -0.1) is 0 Å². The van der Waals surface area contributed by atoms with Gasteiger partial charge in [-0.05, 0) is 19.4 Å². The Morgan fingerprint density at radius 3 is 2.82 bits per heavy atom. The molecule has 0 saturated carbocycles. The summed E-state index contributed by atoms with van der Waals surface area (Å²) in [5, 5.41) is 14.4. The molecule has 0 aromatic heterocycles. The Balaban J connectivity index is 2.46. The highest BCUT2D eigenvalue weighted by molar-refractivity contribution is 5.84. The molecule has 0 radical (unpaired) electrons. The Hall–Kier alpha value is -1.36. The van der Waals surface area contributed by atoms with Crippen molar-refractivity contribution in [2.45, 2.75) is 26.2 Å². The van der Waals surface area contributed by atoms with Gasteiger partial charge in [-0.25, -0.2) is 4.79 Å². The van der Waals surface area contributed by atoms with E-state index in [4.69, 9.17) is 5.11 Å². The van der Waals surface area contributed by atoms with Gasteiger partial charge in [0.2, 0.25) is 5.91 Å². The first-order valence-corrected chi connectivity index (χ1v) is 5.99. The van der Waals surface area contributed by atoms with Crippen LogP contribution in [-0.2, 0) is 9.59 Å². The van der Waals surface area contributed by atoms with Crippen LogP contribution >= 0.6 is 0 Å². The van der Waals surface area contributed by atoms with Gasteiger partial charge in [-0.3, -0.25) is 4.79 Å². The molecule has 0 aromatic carbocycles. The lowest BCUT2D eigenvalue weighted by Crippen LogP contribution is -2.42. The quantitative estimate of drug-likeness (QED) is 0.592. The fourth-order valence-electron chi connectivity index (χ4n) is 2.24. The van der Waals surface area contributed by atoms with E-state index in [0.29, 0.717) is 0 Å². The van der Waals surface area contributed by atoms with Gasteiger partial charge in [0, 0.05) is 19.2 Å². The summed E-state index contributed by atoms with van der Waals surface area (Å²) in [6, 6.07) is 0. The van der Waals surface area contributed by atoms with Crippen LogP contribution in [0.25, 0.3) is 0 Å². The van der Waals surface area contributed by atoms with Crippen molar-refractivity contribution in [1.82, 2.24) is 10.6 Å². The molecule has 1 heterocycles. The molecule has 1 saturated heterocycles. The van der Waals surface area contributed by atoms with Gasteiger partial charge in [0.1, 0.15) is 0 Å². The standard InChI is InChI=1S/C12H20N2O3/c1-2-5-12(6-8-13-9-12)11(17)14-7-3-4-10(15)16/h3-4,13H,2,5-9H2,1H3,(H,14,17)(H,15,16)/b4-3+. The second-order valence-electron chi connectivity index (χ2n) is 4.41. The molecular formula is C12H20N2O3. The number of carbonyl (C=O) groups is 2. The molecule has 1 fully saturated rings. The highest BCUT2D eigenvalue weighted by atomic mass is 16.4. The van der Waals surface area contributed by atoms with Gasteiger partial charge in [0.15, 0.2) is 0 Å². The van der Waals surface area contributed by atoms with Crippen LogP contribution in [0.3, 0.4) is 0 Å². The van der Waals surface area contributed by atoms with Crippen molar-refractivity contribution in [3.8, 4) is 0 Å². The van der Waals surface area contributed by atoms with Gasteiger partial charge < -0.3 is 15.7 Å². The van der Waals surface area contributed by atoms with Crippen LogP contribution in [0.2, 0.25) is 0 Å². The smallest absolute Gasteiger partial charge is 0.328 e. The number of carbonyl (C=O) groups excluding carboxylic acids is 1. The van der Waals surface area contributed by atoms with Crippen LogP contribution < -0.4 is 10.6 Å². The summed E-state index contributed by atoms with van der Waals surface area (Å²) in [5.74, 6) is -0.968.